The van der Waals surface area contributed by atoms with Crippen LogP contribution in [-0.2, 0) is 13.2 Å². The SMILES string of the molecule is CC(C)NCc1cc(Cl)ccc1OCc1cncc(F)c1. The molecule has 0 saturated carbocycles. The zero-order valence-corrected chi connectivity index (χ0v) is 12.8. The van der Waals surface area contributed by atoms with Gasteiger partial charge in [0.2, 0.25) is 0 Å². The van der Waals surface area contributed by atoms with E-state index in [1.807, 2.05) is 12.1 Å². The molecule has 0 bridgehead atoms. The number of nitrogens with zero attached hydrogens (tertiary/aromatic N) is 1. The zero-order chi connectivity index (χ0) is 15.2. The molecule has 0 fully saturated rings. The molecule has 0 aliphatic rings. The van der Waals surface area contributed by atoms with Crippen molar-refractivity contribution in [3.63, 3.8) is 0 Å². The van der Waals surface area contributed by atoms with Crippen molar-refractivity contribution in [2.75, 3.05) is 0 Å². The van der Waals surface area contributed by atoms with Crippen LogP contribution in [0.5, 0.6) is 5.75 Å². The first kappa shape index (κ1) is 15.7. The number of nitrogens with one attached hydrogen (secondary N) is 1. The second kappa shape index (κ2) is 7.38. The second-order valence-corrected chi connectivity index (χ2v) is 5.52. The normalized spacial score (nSPS) is 10.9. The maximum Gasteiger partial charge on any atom is 0.141 e. The zero-order valence-electron chi connectivity index (χ0n) is 12.1. The molecule has 0 aliphatic carbocycles. The molecule has 0 saturated heterocycles. The highest BCUT2D eigenvalue weighted by atomic mass is 35.5. The molecular weight excluding hydrogens is 291 g/mol. The number of ether oxygens (including phenoxy) is 1. The number of pyridine rings is 1. The van der Waals surface area contributed by atoms with Gasteiger partial charge in [0.1, 0.15) is 18.2 Å². The lowest BCUT2D eigenvalue weighted by Crippen LogP contribution is -2.22. The van der Waals surface area contributed by atoms with Crippen LogP contribution in [0.2, 0.25) is 5.02 Å². The molecule has 2 aromatic rings. The number of rotatable bonds is 6. The summed E-state index contributed by atoms with van der Waals surface area (Å²) in [4.78, 5) is 3.80. The quantitative estimate of drug-likeness (QED) is 0.877. The summed E-state index contributed by atoms with van der Waals surface area (Å²) >= 11 is 6.03. The molecule has 1 N–H and O–H groups in total. The summed E-state index contributed by atoms with van der Waals surface area (Å²) in [5, 5.41) is 3.99. The van der Waals surface area contributed by atoms with E-state index in [-0.39, 0.29) is 12.4 Å². The van der Waals surface area contributed by atoms with Gasteiger partial charge in [-0.1, -0.05) is 25.4 Å². The van der Waals surface area contributed by atoms with Gasteiger partial charge in [-0.3, -0.25) is 4.98 Å². The molecule has 3 nitrogen and oxygen atoms in total. The second-order valence-electron chi connectivity index (χ2n) is 5.09. The van der Waals surface area contributed by atoms with E-state index in [2.05, 4.69) is 24.1 Å². The van der Waals surface area contributed by atoms with Gasteiger partial charge in [-0.15, -0.1) is 0 Å². The average Bonchev–Trinajstić information content (AvgIpc) is 2.44. The van der Waals surface area contributed by atoms with E-state index in [0.717, 1.165) is 11.3 Å². The topological polar surface area (TPSA) is 34.1 Å². The first-order chi connectivity index (χ1) is 10.0. The minimum absolute atomic E-state index is 0.265. The largest absolute Gasteiger partial charge is 0.489 e. The summed E-state index contributed by atoms with van der Waals surface area (Å²) in [7, 11) is 0. The molecule has 21 heavy (non-hydrogen) atoms. The van der Waals surface area contributed by atoms with Crippen molar-refractivity contribution in [3.8, 4) is 5.75 Å². The van der Waals surface area contributed by atoms with Crippen molar-refractivity contribution in [1.82, 2.24) is 10.3 Å². The number of hydrogen-bond donors (Lipinski definition) is 1. The van der Waals surface area contributed by atoms with Crippen LogP contribution in [0.4, 0.5) is 4.39 Å². The Balaban J connectivity index is 2.08. The molecule has 1 aromatic carbocycles. The number of benzene rings is 1. The number of hydrogen-bond acceptors (Lipinski definition) is 3. The van der Waals surface area contributed by atoms with E-state index in [1.165, 1.54) is 12.3 Å². The molecule has 5 heteroatoms. The predicted octanol–water partition coefficient (Wildman–Crippen LogP) is 3.95. The van der Waals surface area contributed by atoms with Crippen molar-refractivity contribution >= 4 is 11.6 Å². The maximum absolute atomic E-state index is 13.1. The molecule has 1 heterocycles. The van der Waals surface area contributed by atoms with Crippen molar-refractivity contribution in [3.05, 3.63) is 58.6 Å². The summed E-state index contributed by atoms with van der Waals surface area (Å²) in [6.07, 6.45) is 2.76. The summed E-state index contributed by atoms with van der Waals surface area (Å²) in [5.41, 5.74) is 1.66. The summed E-state index contributed by atoms with van der Waals surface area (Å²) in [6.45, 7) is 5.07. The van der Waals surface area contributed by atoms with Gasteiger partial charge >= 0.3 is 0 Å². The van der Waals surface area contributed by atoms with Crippen LogP contribution >= 0.6 is 11.6 Å². The molecule has 0 aliphatic heterocycles. The van der Waals surface area contributed by atoms with Gasteiger partial charge in [0.05, 0.1) is 6.20 Å². The third-order valence-corrected chi connectivity index (χ3v) is 3.11. The highest BCUT2D eigenvalue weighted by molar-refractivity contribution is 6.30. The predicted molar refractivity (Wildman–Crippen MR) is 82.0 cm³/mol. The van der Waals surface area contributed by atoms with Gasteiger partial charge < -0.3 is 10.1 Å². The van der Waals surface area contributed by atoms with E-state index in [0.29, 0.717) is 23.2 Å². The Morgan fingerprint density at radius 1 is 1.29 bits per heavy atom. The molecular formula is C16H18ClFN2O. The molecule has 0 spiro atoms. The van der Waals surface area contributed by atoms with E-state index in [1.54, 1.807) is 12.3 Å². The molecule has 0 atom stereocenters. The molecule has 0 radical (unpaired) electrons. The van der Waals surface area contributed by atoms with Gasteiger partial charge in [-0.05, 0) is 24.3 Å². The highest BCUT2D eigenvalue weighted by Gasteiger charge is 2.07. The van der Waals surface area contributed by atoms with Crippen LogP contribution in [0, 0.1) is 5.82 Å². The van der Waals surface area contributed by atoms with Crippen molar-refractivity contribution < 1.29 is 9.13 Å². The van der Waals surface area contributed by atoms with Crippen LogP contribution < -0.4 is 10.1 Å². The Morgan fingerprint density at radius 2 is 2.10 bits per heavy atom. The summed E-state index contributed by atoms with van der Waals surface area (Å²) < 4.78 is 18.8. The molecule has 1 aromatic heterocycles. The average molecular weight is 309 g/mol. The third kappa shape index (κ3) is 4.99. The molecule has 0 amide bonds. The minimum atomic E-state index is -0.367. The number of halogens is 2. The molecule has 0 unspecified atom stereocenters. The van der Waals surface area contributed by atoms with Gasteiger partial charge in [0, 0.05) is 34.9 Å². The monoisotopic (exact) mass is 308 g/mol. The highest BCUT2D eigenvalue weighted by Crippen LogP contribution is 2.24. The Morgan fingerprint density at radius 3 is 2.81 bits per heavy atom. The van der Waals surface area contributed by atoms with Crippen LogP contribution in [0.15, 0.2) is 36.7 Å². The van der Waals surface area contributed by atoms with E-state index in [9.17, 15) is 4.39 Å². The summed E-state index contributed by atoms with van der Waals surface area (Å²) in [5.74, 6) is 0.366. The third-order valence-electron chi connectivity index (χ3n) is 2.88. The number of aromatic nitrogens is 1. The minimum Gasteiger partial charge on any atom is -0.489 e. The van der Waals surface area contributed by atoms with E-state index in [4.69, 9.17) is 16.3 Å². The first-order valence-electron chi connectivity index (χ1n) is 6.78. The van der Waals surface area contributed by atoms with Crippen LogP contribution in [0.3, 0.4) is 0 Å². The van der Waals surface area contributed by atoms with Gasteiger partial charge in [0.15, 0.2) is 0 Å². The van der Waals surface area contributed by atoms with E-state index >= 15 is 0 Å². The van der Waals surface area contributed by atoms with Gasteiger partial charge in [-0.25, -0.2) is 4.39 Å². The standard InChI is InChI=1S/C16H18ClFN2O/c1-11(2)20-8-13-6-14(17)3-4-16(13)21-10-12-5-15(18)9-19-7-12/h3-7,9,11,20H,8,10H2,1-2H3. The van der Waals surface area contributed by atoms with Crippen molar-refractivity contribution in [1.29, 1.82) is 0 Å². The lowest BCUT2D eigenvalue weighted by atomic mass is 10.2. The Hall–Kier alpha value is -1.65. The van der Waals surface area contributed by atoms with Crippen LogP contribution in [0.25, 0.3) is 0 Å². The molecule has 112 valence electrons. The summed E-state index contributed by atoms with van der Waals surface area (Å²) in [6, 6.07) is 7.25. The fourth-order valence-electron chi connectivity index (χ4n) is 1.84. The van der Waals surface area contributed by atoms with Crippen LogP contribution in [0.1, 0.15) is 25.0 Å². The van der Waals surface area contributed by atoms with Gasteiger partial charge in [0.25, 0.3) is 0 Å². The lowest BCUT2D eigenvalue weighted by molar-refractivity contribution is 0.300. The maximum atomic E-state index is 13.1. The lowest BCUT2D eigenvalue weighted by Gasteiger charge is -2.14. The smallest absolute Gasteiger partial charge is 0.141 e. The van der Waals surface area contributed by atoms with Crippen molar-refractivity contribution in [2.45, 2.75) is 33.0 Å². The van der Waals surface area contributed by atoms with Crippen molar-refractivity contribution in [2.24, 2.45) is 0 Å². The fourth-order valence-corrected chi connectivity index (χ4v) is 2.03. The Bertz CT molecular complexity index is 605. The van der Waals surface area contributed by atoms with E-state index < -0.39 is 0 Å². The van der Waals surface area contributed by atoms with Gasteiger partial charge in [-0.2, -0.15) is 0 Å². The molecule has 2 rings (SSSR count). The van der Waals surface area contributed by atoms with Crippen LogP contribution in [-0.4, -0.2) is 11.0 Å². The Kier molecular flexibility index (Phi) is 5.53. The fraction of sp³-hybridized carbons (Fsp3) is 0.312. The first-order valence-corrected chi connectivity index (χ1v) is 7.16. The Labute approximate surface area is 129 Å².